The molecule has 1 aliphatic rings. The zero-order valence-corrected chi connectivity index (χ0v) is 16.0. The Kier molecular flexibility index (Phi) is 3.77. The van der Waals surface area contributed by atoms with Crippen LogP contribution in [0.25, 0.3) is 16.6 Å². The van der Waals surface area contributed by atoms with Gasteiger partial charge in [-0.2, -0.15) is 5.26 Å². The Morgan fingerprint density at radius 1 is 1.26 bits per heavy atom. The molecular formula is C21H22N4O2. The smallest absolute Gasteiger partial charge is 0.261 e. The molecule has 1 aliphatic carbocycles. The normalized spacial score (nSPS) is 13.7. The lowest BCUT2D eigenvalue weighted by Crippen LogP contribution is -2.21. The highest BCUT2D eigenvalue weighted by atomic mass is 16.5. The number of pyridine rings is 1. The fourth-order valence-corrected chi connectivity index (χ4v) is 4.03. The number of ether oxygens (including phenoxy) is 1. The largest absolute Gasteiger partial charge is 0.496 e. The Balaban J connectivity index is 2.17. The molecule has 6 nitrogen and oxygen atoms in total. The Bertz CT molecular complexity index is 1190. The molecule has 6 heteroatoms. The summed E-state index contributed by atoms with van der Waals surface area (Å²) in [4.78, 5) is 13.2. The van der Waals surface area contributed by atoms with Gasteiger partial charge < -0.3 is 15.0 Å². The number of aromatic nitrogens is 2. The number of nitriles is 1. The highest BCUT2D eigenvalue weighted by Crippen LogP contribution is 2.38. The molecule has 3 aromatic rings. The van der Waals surface area contributed by atoms with Gasteiger partial charge >= 0.3 is 0 Å². The summed E-state index contributed by atoms with van der Waals surface area (Å²) >= 11 is 0. The van der Waals surface area contributed by atoms with E-state index in [4.69, 9.17) is 10.5 Å². The van der Waals surface area contributed by atoms with Crippen molar-refractivity contribution in [1.82, 2.24) is 9.13 Å². The number of nitrogen functional groups attached to an aromatic ring is 1. The summed E-state index contributed by atoms with van der Waals surface area (Å²) in [6.45, 7) is 5.87. The highest BCUT2D eigenvalue weighted by Gasteiger charge is 2.29. The first kappa shape index (κ1) is 17.2. The minimum atomic E-state index is -0.132. The van der Waals surface area contributed by atoms with E-state index in [1.165, 1.54) is 0 Å². The average Bonchev–Trinajstić information content (AvgIpc) is 3.41. The van der Waals surface area contributed by atoms with E-state index in [2.05, 4.69) is 6.07 Å². The van der Waals surface area contributed by atoms with E-state index in [1.807, 2.05) is 43.5 Å². The standard InChI is InChI=1S/C21H22N4O2/c1-11-5-8-17(27-4)13(3)19(11)25-16-9-12(2)24(14-6-7-14)21(26)18(16)15(10-22)20(25)23/h5,8-9,14H,6-7,23H2,1-4H3. The number of aryl methyl sites for hydroxylation is 2. The molecule has 0 aliphatic heterocycles. The number of hydrogen-bond donors (Lipinski definition) is 1. The van der Waals surface area contributed by atoms with Crippen LogP contribution in [-0.2, 0) is 0 Å². The van der Waals surface area contributed by atoms with Crippen molar-refractivity contribution in [2.24, 2.45) is 0 Å². The third-order valence-electron chi connectivity index (χ3n) is 5.45. The molecule has 0 spiro atoms. The number of anilines is 1. The van der Waals surface area contributed by atoms with Gasteiger partial charge in [-0.25, -0.2) is 0 Å². The molecule has 1 aromatic carbocycles. The maximum Gasteiger partial charge on any atom is 0.261 e. The number of rotatable bonds is 3. The maximum atomic E-state index is 13.2. The molecule has 0 amide bonds. The lowest BCUT2D eigenvalue weighted by Gasteiger charge is -2.17. The van der Waals surface area contributed by atoms with Crippen LogP contribution in [0.3, 0.4) is 0 Å². The van der Waals surface area contributed by atoms with E-state index in [1.54, 1.807) is 11.7 Å². The van der Waals surface area contributed by atoms with Crippen LogP contribution >= 0.6 is 0 Å². The second-order valence-electron chi connectivity index (χ2n) is 7.22. The van der Waals surface area contributed by atoms with Gasteiger partial charge in [-0.05, 0) is 51.3 Å². The van der Waals surface area contributed by atoms with E-state index >= 15 is 0 Å². The molecule has 1 saturated carbocycles. The molecule has 1 fully saturated rings. The van der Waals surface area contributed by atoms with Gasteiger partial charge in [-0.3, -0.25) is 9.36 Å². The summed E-state index contributed by atoms with van der Waals surface area (Å²) in [7, 11) is 1.62. The van der Waals surface area contributed by atoms with Crippen LogP contribution in [0.4, 0.5) is 5.82 Å². The van der Waals surface area contributed by atoms with E-state index in [-0.39, 0.29) is 23.0 Å². The molecule has 0 saturated heterocycles. The van der Waals surface area contributed by atoms with E-state index in [9.17, 15) is 10.1 Å². The summed E-state index contributed by atoms with van der Waals surface area (Å²) in [5.41, 5.74) is 10.8. The van der Waals surface area contributed by atoms with Gasteiger partial charge in [-0.15, -0.1) is 0 Å². The van der Waals surface area contributed by atoms with Crippen molar-refractivity contribution in [3.05, 3.63) is 50.9 Å². The fourth-order valence-electron chi connectivity index (χ4n) is 4.03. The van der Waals surface area contributed by atoms with Gasteiger partial charge in [-0.1, -0.05) is 6.07 Å². The lowest BCUT2D eigenvalue weighted by molar-refractivity contribution is 0.411. The van der Waals surface area contributed by atoms with Crippen molar-refractivity contribution in [1.29, 1.82) is 5.26 Å². The van der Waals surface area contributed by atoms with Crippen molar-refractivity contribution in [3.63, 3.8) is 0 Å². The zero-order valence-electron chi connectivity index (χ0n) is 16.0. The van der Waals surface area contributed by atoms with Crippen molar-refractivity contribution in [3.8, 4) is 17.5 Å². The van der Waals surface area contributed by atoms with Crippen molar-refractivity contribution >= 4 is 16.7 Å². The SMILES string of the molecule is COc1ccc(C)c(-n2c(N)c(C#N)c3c(=O)n(C4CC4)c(C)cc32)c1C. The van der Waals surface area contributed by atoms with Crippen LogP contribution in [0.1, 0.15) is 41.3 Å². The molecule has 0 bridgehead atoms. The second kappa shape index (κ2) is 5.92. The molecule has 2 N–H and O–H groups in total. The van der Waals surface area contributed by atoms with Crippen LogP contribution in [0, 0.1) is 32.1 Å². The van der Waals surface area contributed by atoms with E-state index < -0.39 is 0 Å². The monoisotopic (exact) mass is 362 g/mol. The second-order valence-corrected chi connectivity index (χ2v) is 7.22. The number of benzene rings is 1. The van der Waals surface area contributed by atoms with Crippen LogP contribution < -0.4 is 16.0 Å². The number of nitrogens with two attached hydrogens (primary N) is 1. The summed E-state index contributed by atoms with van der Waals surface area (Å²) < 4.78 is 9.10. The highest BCUT2D eigenvalue weighted by molar-refractivity contribution is 5.94. The first-order chi connectivity index (χ1) is 12.9. The fraction of sp³-hybridized carbons (Fsp3) is 0.333. The van der Waals surface area contributed by atoms with Gasteiger partial charge in [0.25, 0.3) is 5.56 Å². The Morgan fingerprint density at radius 3 is 2.56 bits per heavy atom. The van der Waals surface area contributed by atoms with Crippen molar-refractivity contribution in [2.75, 3.05) is 12.8 Å². The number of fused-ring (bicyclic) bond motifs is 1. The van der Waals surface area contributed by atoms with Crippen LogP contribution in [0.15, 0.2) is 23.0 Å². The molecular weight excluding hydrogens is 340 g/mol. The van der Waals surface area contributed by atoms with Gasteiger partial charge in [0, 0.05) is 17.3 Å². The predicted octanol–water partition coefficient (Wildman–Crippen LogP) is 3.51. The van der Waals surface area contributed by atoms with Gasteiger partial charge in [0.1, 0.15) is 23.2 Å². The van der Waals surface area contributed by atoms with Gasteiger partial charge in [0.15, 0.2) is 0 Å². The third kappa shape index (κ3) is 2.35. The first-order valence-electron chi connectivity index (χ1n) is 9.01. The Hall–Kier alpha value is -3.20. The van der Waals surface area contributed by atoms with Crippen molar-refractivity contribution in [2.45, 2.75) is 39.7 Å². The lowest BCUT2D eigenvalue weighted by atomic mass is 10.1. The van der Waals surface area contributed by atoms with E-state index in [0.29, 0.717) is 10.9 Å². The molecule has 4 rings (SSSR count). The summed E-state index contributed by atoms with van der Waals surface area (Å²) in [5.74, 6) is 1.02. The molecule has 2 aromatic heterocycles. The summed E-state index contributed by atoms with van der Waals surface area (Å²) in [5, 5.41) is 10.1. The summed E-state index contributed by atoms with van der Waals surface area (Å²) in [6.07, 6.45) is 2.00. The average molecular weight is 362 g/mol. The zero-order chi connectivity index (χ0) is 19.5. The Morgan fingerprint density at radius 2 is 1.96 bits per heavy atom. The molecule has 0 atom stereocenters. The minimum Gasteiger partial charge on any atom is -0.496 e. The minimum absolute atomic E-state index is 0.132. The number of methoxy groups -OCH3 is 1. The van der Waals surface area contributed by atoms with E-state index in [0.717, 1.165) is 41.1 Å². The van der Waals surface area contributed by atoms with Crippen molar-refractivity contribution < 1.29 is 4.74 Å². The van der Waals surface area contributed by atoms with Crippen LogP contribution in [-0.4, -0.2) is 16.2 Å². The number of nitrogens with zero attached hydrogens (tertiary/aromatic N) is 3. The topological polar surface area (TPSA) is 86.0 Å². The van der Waals surface area contributed by atoms with Crippen LogP contribution in [0.5, 0.6) is 5.75 Å². The predicted molar refractivity (Wildman–Crippen MR) is 106 cm³/mol. The molecule has 27 heavy (non-hydrogen) atoms. The first-order valence-corrected chi connectivity index (χ1v) is 9.01. The quantitative estimate of drug-likeness (QED) is 0.772. The summed E-state index contributed by atoms with van der Waals surface area (Å²) in [6, 6.07) is 8.21. The van der Waals surface area contributed by atoms with Gasteiger partial charge in [0.05, 0.1) is 23.7 Å². The molecule has 0 radical (unpaired) electrons. The Labute approximate surface area is 157 Å². The van der Waals surface area contributed by atoms with Crippen LogP contribution in [0.2, 0.25) is 0 Å². The molecule has 138 valence electrons. The molecule has 2 heterocycles. The molecule has 0 unspecified atom stereocenters. The third-order valence-corrected chi connectivity index (χ3v) is 5.45. The number of hydrogen-bond acceptors (Lipinski definition) is 4. The maximum absolute atomic E-state index is 13.2. The van der Waals surface area contributed by atoms with Gasteiger partial charge in [0.2, 0.25) is 0 Å².